The third kappa shape index (κ3) is 2.26. The Morgan fingerprint density at radius 2 is 1.50 bits per heavy atom. The number of fused-ring (bicyclic) bond motifs is 5. The second kappa shape index (κ2) is 6.14. The molecule has 0 unspecified atom stereocenters. The van der Waals surface area contributed by atoms with E-state index >= 15 is 0 Å². The van der Waals surface area contributed by atoms with E-state index in [-0.39, 0.29) is 5.41 Å². The van der Waals surface area contributed by atoms with Crippen LogP contribution in [0.1, 0.15) is 25.1 Å². The first-order chi connectivity index (χ1) is 14.7. The first kappa shape index (κ1) is 17.2. The lowest BCUT2D eigenvalue weighted by molar-refractivity contribution is 0.618. The van der Waals surface area contributed by atoms with Gasteiger partial charge >= 0.3 is 0 Å². The Hall–Kier alpha value is -3.72. The predicted octanol–water partition coefficient (Wildman–Crippen LogP) is 6.39. The van der Waals surface area contributed by atoms with Gasteiger partial charge in [0, 0.05) is 33.8 Å². The molecule has 0 atom stereocenters. The summed E-state index contributed by atoms with van der Waals surface area (Å²) in [6, 6.07) is 29.6. The molecular weight excluding hydrogens is 366 g/mol. The fourth-order valence-electron chi connectivity index (χ4n) is 4.91. The molecule has 6 rings (SSSR count). The molecule has 30 heavy (non-hydrogen) atoms. The zero-order valence-electron chi connectivity index (χ0n) is 17.0. The zero-order valence-corrected chi connectivity index (χ0v) is 17.0. The highest BCUT2D eigenvalue weighted by molar-refractivity contribution is 6.03. The van der Waals surface area contributed by atoms with Crippen molar-refractivity contribution < 1.29 is 0 Å². The van der Waals surface area contributed by atoms with Gasteiger partial charge in [0.25, 0.3) is 0 Å². The van der Waals surface area contributed by atoms with Gasteiger partial charge in [-0.15, -0.1) is 0 Å². The zero-order chi connectivity index (χ0) is 20.3. The Morgan fingerprint density at radius 3 is 2.37 bits per heavy atom. The van der Waals surface area contributed by atoms with Gasteiger partial charge in [-0.1, -0.05) is 86.6 Å². The van der Waals surface area contributed by atoms with Gasteiger partial charge in [0.05, 0.1) is 11.2 Å². The molecule has 3 heteroatoms. The van der Waals surface area contributed by atoms with Crippen LogP contribution in [0.25, 0.3) is 39.2 Å². The lowest BCUT2D eigenvalue weighted by Gasteiger charge is -2.23. The van der Waals surface area contributed by atoms with E-state index in [1.54, 1.807) is 0 Å². The molecule has 3 nitrogen and oxygen atoms in total. The molecule has 0 spiro atoms. The fraction of sp³-hybridized carbons (Fsp3) is 0.111. The Bertz CT molecular complexity index is 1410. The average Bonchev–Trinajstić information content (AvgIpc) is 3.26. The maximum Gasteiger partial charge on any atom is 0.234 e. The molecule has 1 aliphatic carbocycles. The lowest BCUT2D eigenvalue weighted by atomic mass is 9.85. The third-order valence-electron chi connectivity index (χ3n) is 6.25. The average molecular weight is 387 g/mol. The van der Waals surface area contributed by atoms with E-state index in [4.69, 9.17) is 9.97 Å². The largest absolute Gasteiger partial charge is 0.281 e. The third-order valence-corrected chi connectivity index (χ3v) is 6.25. The summed E-state index contributed by atoms with van der Waals surface area (Å²) in [6.45, 7) is 4.60. The fourth-order valence-corrected chi connectivity index (χ4v) is 4.91. The number of hydrogen-bond donors (Lipinski definition) is 0. The van der Waals surface area contributed by atoms with E-state index in [0.717, 1.165) is 22.7 Å². The standard InChI is InChI=1S/C27H21N3/c1-27(2)21-14-8-6-12-19(21)24-20-13-7-9-15-23(20)30(25(24)27)26-28-17-16-22(29-26)18-10-4-3-5-11-18/h3-17H,1-2H3. The Kier molecular flexibility index (Phi) is 3.51. The number of benzene rings is 3. The van der Waals surface area contributed by atoms with Crippen molar-refractivity contribution in [2.45, 2.75) is 19.3 Å². The monoisotopic (exact) mass is 387 g/mol. The highest BCUT2D eigenvalue weighted by Crippen LogP contribution is 2.53. The molecule has 1 aliphatic rings. The molecule has 0 fully saturated rings. The molecule has 2 aromatic heterocycles. The molecule has 0 amide bonds. The number of rotatable bonds is 2. The second-order valence-electron chi connectivity index (χ2n) is 8.35. The van der Waals surface area contributed by atoms with Crippen LogP contribution in [0.3, 0.4) is 0 Å². The highest BCUT2D eigenvalue weighted by atomic mass is 15.2. The van der Waals surface area contributed by atoms with Crippen LogP contribution < -0.4 is 0 Å². The van der Waals surface area contributed by atoms with Crippen molar-refractivity contribution in [1.29, 1.82) is 0 Å². The van der Waals surface area contributed by atoms with Crippen LogP contribution in [0.4, 0.5) is 0 Å². The van der Waals surface area contributed by atoms with Crippen molar-refractivity contribution in [3.63, 3.8) is 0 Å². The van der Waals surface area contributed by atoms with Gasteiger partial charge in [-0.25, -0.2) is 9.97 Å². The summed E-state index contributed by atoms with van der Waals surface area (Å²) in [5.41, 5.74) is 8.26. The van der Waals surface area contributed by atoms with E-state index in [9.17, 15) is 0 Å². The van der Waals surface area contributed by atoms with E-state index in [0.29, 0.717) is 0 Å². The summed E-state index contributed by atoms with van der Waals surface area (Å²) in [6.07, 6.45) is 1.86. The van der Waals surface area contributed by atoms with Crippen LogP contribution in [-0.2, 0) is 5.41 Å². The van der Waals surface area contributed by atoms with Crippen molar-refractivity contribution in [1.82, 2.24) is 14.5 Å². The van der Waals surface area contributed by atoms with Crippen LogP contribution >= 0.6 is 0 Å². The Balaban J connectivity index is 1.69. The number of aromatic nitrogens is 3. The minimum absolute atomic E-state index is 0.142. The van der Waals surface area contributed by atoms with Crippen molar-refractivity contribution in [3.05, 3.63) is 102 Å². The summed E-state index contributed by atoms with van der Waals surface area (Å²) < 4.78 is 2.26. The summed E-state index contributed by atoms with van der Waals surface area (Å²) in [5.74, 6) is 0.717. The predicted molar refractivity (Wildman–Crippen MR) is 122 cm³/mol. The van der Waals surface area contributed by atoms with Crippen molar-refractivity contribution in [2.24, 2.45) is 0 Å². The quantitative estimate of drug-likeness (QED) is 0.351. The molecule has 0 saturated carbocycles. The van der Waals surface area contributed by atoms with Gasteiger partial charge in [-0.3, -0.25) is 4.57 Å². The molecule has 0 N–H and O–H groups in total. The number of hydrogen-bond acceptors (Lipinski definition) is 2. The van der Waals surface area contributed by atoms with Crippen molar-refractivity contribution in [2.75, 3.05) is 0 Å². The second-order valence-corrected chi connectivity index (χ2v) is 8.35. The SMILES string of the molecule is CC1(C)c2ccccc2-c2c1n(-c1nccc(-c3ccccc3)n1)c1ccccc21. The summed E-state index contributed by atoms with van der Waals surface area (Å²) in [7, 11) is 0. The number of para-hydroxylation sites is 1. The molecule has 0 bridgehead atoms. The highest BCUT2D eigenvalue weighted by Gasteiger charge is 2.41. The van der Waals surface area contributed by atoms with Gasteiger partial charge in [0.1, 0.15) is 0 Å². The molecule has 144 valence electrons. The van der Waals surface area contributed by atoms with Crippen molar-refractivity contribution >= 4 is 10.9 Å². The summed E-state index contributed by atoms with van der Waals surface area (Å²) in [5, 5.41) is 1.25. The van der Waals surface area contributed by atoms with Crippen LogP contribution in [0.15, 0.2) is 91.1 Å². The van der Waals surface area contributed by atoms with E-state index in [2.05, 4.69) is 79.1 Å². The minimum Gasteiger partial charge on any atom is -0.281 e. The summed E-state index contributed by atoms with van der Waals surface area (Å²) >= 11 is 0. The topological polar surface area (TPSA) is 30.7 Å². The minimum atomic E-state index is -0.142. The van der Waals surface area contributed by atoms with E-state index in [1.807, 2.05) is 30.5 Å². The Labute approximate surface area is 175 Å². The van der Waals surface area contributed by atoms with Crippen LogP contribution in [0.5, 0.6) is 0 Å². The molecular formula is C27H21N3. The molecule has 5 aromatic rings. The summed E-state index contributed by atoms with van der Waals surface area (Å²) in [4.78, 5) is 9.71. The molecule has 2 heterocycles. The maximum atomic E-state index is 4.99. The lowest BCUT2D eigenvalue weighted by Crippen LogP contribution is -2.20. The Morgan fingerprint density at radius 1 is 0.767 bits per heavy atom. The van der Waals surface area contributed by atoms with Gasteiger partial charge in [-0.05, 0) is 23.3 Å². The van der Waals surface area contributed by atoms with Gasteiger partial charge in [-0.2, -0.15) is 0 Å². The van der Waals surface area contributed by atoms with E-state index in [1.165, 1.54) is 27.8 Å². The molecule has 0 aliphatic heterocycles. The normalized spacial score (nSPS) is 13.9. The van der Waals surface area contributed by atoms with E-state index < -0.39 is 0 Å². The smallest absolute Gasteiger partial charge is 0.234 e. The molecule has 3 aromatic carbocycles. The maximum absolute atomic E-state index is 4.99. The van der Waals surface area contributed by atoms with Crippen LogP contribution in [0.2, 0.25) is 0 Å². The van der Waals surface area contributed by atoms with Gasteiger partial charge in [0.2, 0.25) is 5.95 Å². The first-order valence-electron chi connectivity index (χ1n) is 10.3. The molecule has 0 saturated heterocycles. The van der Waals surface area contributed by atoms with Crippen LogP contribution in [-0.4, -0.2) is 14.5 Å². The van der Waals surface area contributed by atoms with Gasteiger partial charge in [0.15, 0.2) is 0 Å². The van der Waals surface area contributed by atoms with Crippen LogP contribution in [0, 0.1) is 0 Å². The number of nitrogens with zero attached hydrogens (tertiary/aromatic N) is 3. The van der Waals surface area contributed by atoms with Crippen molar-refractivity contribution in [3.8, 4) is 28.3 Å². The van der Waals surface area contributed by atoms with Gasteiger partial charge < -0.3 is 0 Å². The first-order valence-corrected chi connectivity index (χ1v) is 10.3. The molecule has 0 radical (unpaired) electrons.